The molecule has 2 heterocycles. The second-order valence-corrected chi connectivity index (χ2v) is 8.57. The fourth-order valence-corrected chi connectivity index (χ4v) is 4.00. The van der Waals surface area contributed by atoms with E-state index in [9.17, 15) is 18.0 Å². The minimum absolute atomic E-state index is 0.0287. The number of hydrogen-bond acceptors (Lipinski definition) is 6. The fourth-order valence-electron chi connectivity index (χ4n) is 4.00. The number of halogens is 3. The number of aromatic nitrogens is 2. The lowest BCUT2D eigenvalue weighted by Gasteiger charge is -2.22. The second-order valence-electron chi connectivity index (χ2n) is 8.57. The Morgan fingerprint density at radius 1 is 1.18 bits per heavy atom. The van der Waals surface area contributed by atoms with Crippen LogP contribution >= 0.6 is 0 Å². The van der Waals surface area contributed by atoms with Crippen molar-refractivity contribution in [1.29, 1.82) is 0 Å². The Labute approximate surface area is 217 Å². The van der Waals surface area contributed by atoms with Gasteiger partial charge < -0.3 is 14.2 Å². The first kappa shape index (κ1) is 26.7. The molecule has 4 rings (SSSR count). The number of nitrogens with zero attached hydrogens (tertiary/aromatic N) is 3. The van der Waals surface area contributed by atoms with Crippen molar-refractivity contribution < 1.29 is 27.4 Å². The average Bonchev–Trinajstić information content (AvgIpc) is 2.89. The number of aryl methyl sites for hydroxylation is 2. The summed E-state index contributed by atoms with van der Waals surface area (Å²) >= 11 is 0. The van der Waals surface area contributed by atoms with Crippen molar-refractivity contribution in [3.05, 3.63) is 93.8 Å². The van der Waals surface area contributed by atoms with Gasteiger partial charge in [-0.2, -0.15) is 18.2 Å². The van der Waals surface area contributed by atoms with E-state index in [4.69, 9.17) is 14.2 Å². The molecule has 0 bridgehead atoms. The van der Waals surface area contributed by atoms with Crippen LogP contribution in [-0.4, -0.2) is 29.5 Å². The maximum Gasteiger partial charge on any atom is 0.416 e. The first-order valence-corrected chi connectivity index (χ1v) is 11.7. The van der Waals surface area contributed by atoms with Crippen LogP contribution in [0.2, 0.25) is 0 Å². The van der Waals surface area contributed by atoms with Crippen LogP contribution < -0.4 is 19.9 Å². The molecule has 0 amide bonds. The SMILES string of the molecule is C=C(COc1cc2n(c(=O)n1)CCc1cc(OC)ccc1-2)N=C/C(=C\C)Oc1ccc(C)c(C(F)(F)F)c1. The Kier molecular flexibility index (Phi) is 7.70. The van der Waals surface area contributed by atoms with Gasteiger partial charge in [-0.15, -0.1) is 0 Å². The highest BCUT2D eigenvalue weighted by molar-refractivity contribution is 5.77. The van der Waals surface area contributed by atoms with Crippen molar-refractivity contribution in [1.82, 2.24) is 9.55 Å². The van der Waals surface area contributed by atoms with Crippen molar-refractivity contribution in [2.24, 2.45) is 4.99 Å². The number of allylic oxidation sites excluding steroid dienone is 2. The highest BCUT2D eigenvalue weighted by Crippen LogP contribution is 2.35. The van der Waals surface area contributed by atoms with Crippen molar-refractivity contribution in [2.75, 3.05) is 13.7 Å². The number of fused-ring (bicyclic) bond motifs is 3. The molecule has 0 unspecified atom stereocenters. The predicted octanol–water partition coefficient (Wildman–Crippen LogP) is 5.75. The molecule has 7 nitrogen and oxygen atoms in total. The van der Waals surface area contributed by atoms with Crippen LogP contribution in [0, 0.1) is 6.92 Å². The lowest BCUT2D eigenvalue weighted by Crippen LogP contribution is -2.28. The van der Waals surface area contributed by atoms with Crippen LogP contribution in [-0.2, 0) is 19.1 Å². The van der Waals surface area contributed by atoms with Gasteiger partial charge in [0.15, 0.2) is 0 Å². The number of ether oxygens (including phenoxy) is 3. The normalized spacial score (nSPS) is 13.2. The van der Waals surface area contributed by atoms with E-state index < -0.39 is 17.4 Å². The zero-order valence-electron chi connectivity index (χ0n) is 21.1. The predicted molar refractivity (Wildman–Crippen MR) is 138 cm³/mol. The summed E-state index contributed by atoms with van der Waals surface area (Å²) in [6.07, 6.45) is -0.912. The van der Waals surface area contributed by atoms with E-state index in [-0.39, 0.29) is 35.3 Å². The zero-order valence-corrected chi connectivity index (χ0v) is 21.1. The zero-order chi connectivity index (χ0) is 27.4. The van der Waals surface area contributed by atoms with Gasteiger partial charge in [-0.05, 0) is 67.8 Å². The number of alkyl halides is 3. The van der Waals surface area contributed by atoms with Gasteiger partial charge in [-0.1, -0.05) is 12.6 Å². The third kappa shape index (κ3) is 5.96. The first-order valence-electron chi connectivity index (χ1n) is 11.7. The second kappa shape index (κ2) is 11.0. The van der Waals surface area contributed by atoms with E-state index in [1.807, 2.05) is 18.2 Å². The molecular formula is C28H26F3N3O4. The lowest BCUT2D eigenvalue weighted by atomic mass is 9.97. The molecule has 0 N–H and O–H groups in total. The van der Waals surface area contributed by atoms with Crippen LogP contribution in [0.15, 0.2) is 76.4 Å². The van der Waals surface area contributed by atoms with E-state index in [0.717, 1.165) is 22.9 Å². The lowest BCUT2D eigenvalue weighted by molar-refractivity contribution is -0.138. The molecule has 0 radical (unpaired) electrons. The minimum atomic E-state index is -4.48. The Balaban J connectivity index is 1.43. The van der Waals surface area contributed by atoms with Crippen molar-refractivity contribution in [3.63, 3.8) is 0 Å². The Hall–Kier alpha value is -4.34. The van der Waals surface area contributed by atoms with Gasteiger partial charge in [0.2, 0.25) is 5.88 Å². The number of benzene rings is 2. The summed E-state index contributed by atoms with van der Waals surface area (Å²) in [5.74, 6) is 1.12. The van der Waals surface area contributed by atoms with E-state index in [2.05, 4.69) is 16.6 Å². The topological polar surface area (TPSA) is 74.9 Å². The van der Waals surface area contributed by atoms with Gasteiger partial charge >= 0.3 is 11.9 Å². The van der Waals surface area contributed by atoms with E-state index >= 15 is 0 Å². The van der Waals surface area contributed by atoms with Crippen LogP contribution in [0.5, 0.6) is 17.4 Å². The molecule has 1 aliphatic heterocycles. The molecule has 0 saturated carbocycles. The molecule has 198 valence electrons. The smallest absolute Gasteiger partial charge is 0.416 e. The summed E-state index contributed by atoms with van der Waals surface area (Å²) in [4.78, 5) is 20.8. The monoisotopic (exact) mass is 525 g/mol. The molecule has 38 heavy (non-hydrogen) atoms. The maximum absolute atomic E-state index is 13.2. The van der Waals surface area contributed by atoms with Crippen molar-refractivity contribution >= 4 is 6.21 Å². The van der Waals surface area contributed by atoms with Gasteiger partial charge in [-0.25, -0.2) is 4.79 Å². The molecule has 10 heteroatoms. The third-order valence-electron chi connectivity index (χ3n) is 5.98. The largest absolute Gasteiger partial charge is 0.497 e. The van der Waals surface area contributed by atoms with Gasteiger partial charge in [-0.3, -0.25) is 9.56 Å². The summed E-state index contributed by atoms with van der Waals surface area (Å²) in [7, 11) is 1.60. The third-order valence-corrected chi connectivity index (χ3v) is 5.98. The van der Waals surface area contributed by atoms with Crippen LogP contribution in [0.4, 0.5) is 13.2 Å². The number of rotatable bonds is 8. The molecule has 0 fully saturated rings. The van der Waals surface area contributed by atoms with Gasteiger partial charge in [0.1, 0.15) is 23.9 Å². The Morgan fingerprint density at radius 2 is 1.95 bits per heavy atom. The first-order chi connectivity index (χ1) is 18.1. The van der Waals surface area contributed by atoms with Gasteiger partial charge in [0, 0.05) is 18.2 Å². The van der Waals surface area contributed by atoms with Crippen molar-refractivity contribution in [3.8, 4) is 28.6 Å². The van der Waals surface area contributed by atoms with Crippen LogP contribution in [0.1, 0.15) is 23.6 Å². The molecule has 2 aromatic carbocycles. The highest BCUT2D eigenvalue weighted by atomic mass is 19.4. The standard InChI is InChI=1S/C28H26F3N3O4/c1-5-20(38-22-7-6-17(2)24(13-22)28(29,30)31)15-32-18(3)16-37-26-14-25-23-9-8-21(36-4)12-19(23)10-11-34(25)27(35)33-26/h5-9,12-15H,3,10-11,16H2,1-2,4H3/b20-5+,32-15?. The van der Waals surface area contributed by atoms with Crippen molar-refractivity contribution in [2.45, 2.75) is 33.0 Å². The average molecular weight is 526 g/mol. The molecule has 0 spiro atoms. The molecule has 0 aliphatic carbocycles. The van der Waals surface area contributed by atoms with Crippen LogP contribution in [0.3, 0.4) is 0 Å². The number of methoxy groups -OCH3 is 1. The molecule has 0 atom stereocenters. The summed E-state index contributed by atoms with van der Waals surface area (Å²) in [6, 6.07) is 11.1. The van der Waals surface area contributed by atoms with E-state index in [1.165, 1.54) is 25.3 Å². The Bertz CT molecular complexity index is 1490. The van der Waals surface area contributed by atoms with Crippen LogP contribution in [0.25, 0.3) is 11.3 Å². The molecular weight excluding hydrogens is 499 g/mol. The summed E-state index contributed by atoms with van der Waals surface area (Å²) in [5, 5.41) is 0. The molecule has 3 aromatic rings. The minimum Gasteiger partial charge on any atom is -0.497 e. The number of aliphatic imine (C=N–C) groups is 1. The quantitative estimate of drug-likeness (QED) is 0.277. The highest BCUT2D eigenvalue weighted by Gasteiger charge is 2.32. The Morgan fingerprint density at radius 3 is 2.66 bits per heavy atom. The summed E-state index contributed by atoms with van der Waals surface area (Å²) < 4.78 is 57.7. The van der Waals surface area contributed by atoms with Gasteiger partial charge in [0.05, 0.1) is 30.3 Å². The summed E-state index contributed by atoms with van der Waals surface area (Å²) in [5.41, 5.74) is 1.85. The fraction of sp³-hybridized carbons (Fsp3) is 0.250. The molecule has 1 aliphatic rings. The van der Waals surface area contributed by atoms with Gasteiger partial charge in [0.25, 0.3) is 0 Å². The molecule has 0 saturated heterocycles. The maximum atomic E-state index is 13.2. The number of hydrogen-bond donors (Lipinski definition) is 0. The molecule has 1 aromatic heterocycles. The van der Waals surface area contributed by atoms with E-state index in [1.54, 1.807) is 30.7 Å². The summed E-state index contributed by atoms with van der Waals surface area (Å²) in [6.45, 7) is 7.30. The van der Waals surface area contributed by atoms with E-state index in [0.29, 0.717) is 18.7 Å².